The van der Waals surface area contributed by atoms with Gasteiger partial charge in [0.05, 0.1) is 17.9 Å². The summed E-state index contributed by atoms with van der Waals surface area (Å²) in [4.78, 5) is 14.4. The fraction of sp³-hybridized carbons (Fsp3) is 0.263. The number of hydrogen-bond donors (Lipinski definition) is 2. The SMILES string of the molecule is N[C@@H]1CN(CC(=O)Nc2cc(-n3cnnn3)ccc2F)C[C@H]1c1ccccc1. The van der Waals surface area contributed by atoms with E-state index in [1.165, 1.54) is 29.2 Å². The van der Waals surface area contributed by atoms with Gasteiger partial charge in [0.1, 0.15) is 12.1 Å². The standard InChI is InChI=1S/C19H20FN7O/c20-16-7-6-14(27-12-22-24-25-27)8-18(16)23-19(28)11-26-9-15(17(21)10-26)13-4-2-1-3-5-13/h1-8,12,15,17H,9-11,21H2,(H,23,28)/t15-,17+/m0/s1. The predicted octanol–water partition coefficient (Wildman–Crippen LogP) is 1.17. The van der Waals surface area contributed by atoms with Crippen molar-refractivity contribution in [1.82, 2.24) is 25.1 Å². The molecule has 1 amide bonds. The van der Waals surface area contributed by atoms with Crippen LogP contribution < -0.4 is 11.1 Å². The van der Waals surface area contributed by atoms with E-state index >= 15 is 0 Å². The third kappa shape index (κ3) is 3.90. The average Bonchev–Trinajstić information content (AvgIpc) is 3.34. The molecule has 144 valence electrons. The number of carbonyl (C=O) groups is 1. The van der Waals surface area contributed by atoms with E-state index in [1.807, 2.05) is 35.2 Å². The molecular weight excluding hydrogens is 361 g/mol. The molecule has 28 heavy (non-hydrogen) atoms. The maximum atomic E-state index is 14.1. The molecule has 9 heteroatoms. The second-order valence-electron chi connectivity index (χ2n) is 6.84. The van der Waals surface area contributed by atoms with E-state index in [2.05, 4.69) is 20.8 Å². The molecule has 8 nitrogen and oxygen atoms in total. The molecule has 3 N–H and O–H groups in total. The molecule has 0 spiro atoms. The number of likely N-dealkylation sites (tertiary alicyclic amines) is 1. The third-order valence-electron chi connectivity index (χ3n) is 4.87. The molecule has 0 bridgehead atoms. The first-order valence-electron chi connectivity index (χ1n) is 8.96. The number of amides is 1. The zero-order valence-electron chi connectivity index (χ0n) is 15.1. The Morgan fingerprint density at radius 2 is 2.04 bits per heavy atom. The van der Waals surface area contributed by atoms with Gasteiger partial charge in [0, 0.05) is 25.0 Å². The molecule has 0 saturated carbocycles. The van der Waals surface area contributed by atoms with Gasteiger partial charge in [0.15, 0.2) is 0 Å². The second kappa shape index (κ2) is 7.83. The number of halogens is 1. The third-order valence-corrected chi connectivity index (χ3v) is 4.87. The van der Waals surface area contributed by atoms with Crippen molar-refractivity contribution in [2.75, 3.05) is 25.0 Å². The van der Waals surface area contributed by atoms with Gasteiger partial charge >= 0.3 is 0 Å². The number of aromatic nitrogens is 4. The topological polar surface area (TPSA) is 102 Å². The van der Waals surface area contributed by atoms with Crippen LogP contribution in [0.5, 0.6) is 0 Å². The number of rotatable bonds is 5. The van der Waals surface area contributed by atoms with Crippen LogP contribution in [-0.4, -0.2) is 56.7 Å². The van der Waals surface area contributed by atoms with Crippen molar-refractivity contribution in [3.8, 4) is 5.69 Å². The number of nitrogens with two attached hydrogens (primary N) is 1. The van der Waals surface area contributed by atoms with Crippen LogP contribution in [0.15, 0.2) is 54.9 Å². The highest BCUT2D eigenvalue weighted by atomic mass is 19.1. The molecule has 1 saturated heterocycles. The lowest BCUT2D eigenvalue weighted by atomic mass is 9.95. The molecule has 4 rings (SSSR count). The highest BCUT2D eigenvalue weighted by Gasteiger charge is 2.32. The molecule has 2 heterocycles. The van der Waals surface area contributed by atoms with Gasteiger partial charge in [-0.2, -0.15) is 0 Å². The Bertz CT molecular complexity index is 948. The molecule has 1 aliphatic rings. The predicted molar refractivity (Wildman–Crippen MR) is 101 cm³/mol. The molecule has 2 atom stereocenters. The summed E-state index contributed by atoms with van der Waals surface area (Å²) in [5, 5.41) is 13.5. The Hall–Kier alpha value is -3.17. The summed E-state index contributed by atoms with van der Waals surface area (Å²) in [6, 6.07) is 14.3. The maximum Gasteiger partial charge on any atom is 0.238 e. The van der Waals surface area contributed by atoms with Crippen molar-refractivity contribution < 1.29 is 9.18 Å². The first kappa shape index (κ1) is 18.2. The number of benzene rings is 2. The molecule has 1 aromatic heterocycles. The molecule has 1 aliphatic heterocycles. The van der Waals surface area contributed by atoms with Crippen LogP contribution in [0, 0.1) is 5.82 Å². The van der Waals surface area contributed by atoms with Crippen LogP contribution in [0.1, 0.15) is 11.5 Å². The van der Waals surface area contributed by atoms with Crippen molar-refractivity contribution in [2.45, 2.75) is 12.0 Å². The Morgan fingerprint density at radius 3 is 2.79 bits per heavy atom. The molecular formula is C19H20FN7O. The highest BCUT2D eigenvalue weighted by molar-refractivity contribution is 5.92. The van der Waals surface area contributed by atoms with Gasteiger partial charge in [-0.25, -0.2) is 9.07 Å². The van der Waals surface area contributed by atoms with Gasteiger partial charge in [-0.1, -0.05) is 30.3 Å². The largest absolute Gasteiger partial charge is 0.326 e. The minimum Gasteiger partial charge on any atom is -0.326 e. The van der Waals surface area contributed by atoms with E-state index in [4.69, 9.17) is 5.73 Å². The van der Waals surface area contributed by atoms with E-state index in [9.17, 15) is 9.18 Å². The Balaban J connectivity index is 1.41. The minimum absolute atomic E-state index is 0.0462. The van der Waals surface area contributed by atoms with E-state index in [0.29, 0.717) is 18.8 Å². The summed E-state index contributed by atoms with van der Waals surface area (Å²) in [6.45, 7) is 1.44. The van der Waals surface area contributed by atoms with Crippen LogP contribution in [0.25, 0.3) is 5.69 Å². The van der Waals surface area contributed by atoms with Crippen molar-refractivity contribution in [1.29, 1.82) is 0 Å². The van der Waals surface area contributed by atoms with E-state index in [1.54, 1.807) is 0 Å². The number of tetrazole rings is 1. The van der Waals surface area contributed by atoms with Gasteiger partial charge in [-0.05, 0) is 34.2 Å². The zero-order valence-corrected chi connectivity index (χ0v) is 15.1. The Kier molecular flexibility index (Phi) is 5.09. The number of nitrogens with zero attached hydrogens (tertiary/aromatic N) is 5. The summed E-state index contributed by atoms with van der Waals surface area (Å²) in [5.74, 6) is -0.645. The quantitative estimate of drug-likeness (QED) is 0.688. The van der Waals surface area contributed by atoms with Crippen LogP contribution in [0.3, 0.4) is 0 Å². The lowest BCUT2D eigenvalue weighted by Crippen LogP contribution is -2.34. The average molecular weight is 381 g/mol. The smallest absolute Gasteiger partial charge is 0.238 e. The summed E-state index contributed by atoms with van der Waals surface area (Å²) in [6.07, 6.45) is 1.40. The van der Waals surface area contributed by atoms with Crippen molar-refractivity contribution >= 4 is 11.6 Å². The monoisotopic (exact) mass is 381 g/mol. The van der Waals surface area contributed by atoms with Crippen LogP contribution >= 0.6 is 0 Å². The zero-order chi connectivity index (χ0) is 19.5. The molecule has 0 radical (unpaired) electrons. The Morgan fingerprint density at radius 1 is 1.21 bits per heavy atom. The van der Waals surface area contributed by atoms with E-state index in [0.717, 1.165) is 5.56 Å². The number of anilines is 1. The second-order valence-corrected chi connectivity index (χ2v) is 6.84. The van der Waals surface area contributed by atoms with Gasteiger partial charge in [0.2, 0.25) is 5.91 Å². The van der Waals surface area contributed by atoms with Crippen molar-refractivity contribution in [3.05, 3.63) is 66.2 Å². The Labute approximate surface area is 161 Å². The molecule has 0 unspecified atom stereocenters. The summed E-state index contributed by atoms with van der Waals surface area (Å²) < 4.78 is 15.5. The van der Waals surface area contributed by atoms with Gasteiger partial charge in [-0.3, -0.25) is 9.69 Å². The fourth-order valence-corrected chi connectivity index (χ4v) is 3.52. The molecule has 1 fully saturated rings. The van der Waals surface area contributed by atoms with Gasteiger partial charge in [0.25, 0.3) is 0 Å². The lowest BCUT2D eigenvalue weighted by molar-refractivity contribution is -0.117. The number of hydrogen-bond acceptors (Lipinski definition) is 6. The van der Waals surface area contributed by atoms with Crippen LogP contribution in [0.4, 0.5) is 10.1 Å². The van der Waals surface area contributed by atoms with Gasteiger partial charge < -0.3 is 11.1 Å². The van der Waals surface area contributed by atoms with Crippen LogP contribution in [0.2, 0.25) is 0 Å². The minimum atomic E-state index is -0.523. The number of carbonyl (C=O) groups excluding carboxylic acids is 1. The number of nitrogens with one attached hydrogen (secondary N) is 1. The maximum absolute atomic E-state index is 14.1. The van der Waals surface area contributed by atoms with Crippen molar-refractivity contribution in [3.63, 3.8) is 0 Å². The fourth-order valence-electron chi connectivity index (χ4n) is 3.52. The van der Waals surface area contributed by atoms with E-state index in [-0.39, 0.29) is 30.1 Å². The van der Waals surface area contributed by atoms with Crippen LogP contribution in [-0.2, 0) is 4.79 Å². The first-order valence-corrected chi connectivity index (χ1v) is 8.96. The summed E-state index contributed by atoms with van der Waals surface area (Å²) in [5.41, 5.74) is 8.07. The summed E-state index contributed by atoms with van der Waals surface area (Å²) >= 11 is 0. The first-order chi connectivity index (χ1) is 13.6. The summed E-state index contributed by atoms with van der Waals surface area (Å²) in [7, 11) is 0. The van der Waals surface area contributed by atoms with Crippen molar-refractivity contribution in [2.24, 2.45) is 5.73 Å². The lowest BCUT2D eigenvalue weighted by Gasteiger charge is -2.16. The molecule has 3 aromatic rings. The molecule has 2 aromatic carbocycles. The highest BCUT2D eigenvalue weighted by Crippen LogP contribution is 2.26. The normalized spacial score (nSPS) is 19.6. The molecule has 0 aliphatic carbocycles. The van der Waals surface area contributed by atoms with E-state index < -0.39 is 5.82 Å². The van der Waals surface area contributed by atoms with Gasteiger partial charge in [-0.15, -0.1) is 5.10 Å².